The monoisotopic (exact) mass is 464 g/mol. The van der Waals surface area contributed by atoms with Crippen molar-refractivity contribution in [3.63, 3.8) is 0 Å². The van der Waals surface area contributed by atoms with Gasteiger partial charge >= 0.3 is 11.9 Å². The van der Waals surface area contributed by atoms with Crippen LogP contribution in [0.15, 0.2) is 91.0 Å². The molecule has 0 heterocycles. The van der Waals surface area contributed by atoms with Crippen LogP contribution in [-0.2, 0) is 27.8 Å². The highest BCUT2D eigenvalue weighted by Gasteiger charge is 2.49. The predicted molar refractivity (Wildman–Crippen MR) is 137 cm³/mol. The molecule has 0 saturated carbocycles. The van der Waals surface area contributed by atoms with E-state index in [4.69, 9.17) is 0 Å². The molecule has 0 aromatic heterocycles. The number of aliphatic carboxylic acids is 2. The second-order valence-corrected chi connectivity index (χ2v) is 9.50. The van der Waals surface area contributed by atoms with Crippen LogP contribution in [0.4, 0.5) is 0 Å². The summed E-state index contributed by atoms with van der Waals surface area (Å²) in [5.41, 5.74) is 6.87. The van der Waals surface area contributed by atoms with Crippen LogP contribution in [-0.4, -0.2) is 22.2 Å². The molecule has 4 nitrogen and oxygen atoms in total. The molecule has 4 heteroatoms. The van der Waals surface area contributed by atoms with Gasteiger partial charge in [-0.15, -0.1) is 0 Å². The zero-order chi connectivity index (χ0) is 24.4. The molecule has 0 amide bonds. The Kier molecular flexibility index (Phi) is 6.12. The fourth-order valence-corrected chi connectivity index (χ4v) is 6.13. The maximum absolute atomic E-state index is 12.2. The first kappa shape index (κ1) is 22.9. The van der Waals surface area contributed by atoms with Crippen LogP contribution in [0.3, 0.4) is 0 Å². The van der Waals surface area contributed by atoms with Gasteiger partial charge in [0.15, 0.2) is 0 Å². The van der Waals surface area contributed by atoms with Gasteiger partial charge in [0.1, 0.15) is 0 Å². The lowest BCUT2D eigenvalue weighted by molar-refractivity contribution is -0.139. The summed E-state index contributed by atoms with van der Waals surface area (Å²) in [6.45, 7) is 0. The summed E-state index contributed by atoms with van der Waals surface area (Å²) >= 11 is 0. The van der Waals surface area contributed by atoms with Gasteiger partial charge in [-0.3, -0.25) is 9.59 Å². The van der Waals surface area contributed by atoms with Gasteiger partial charge in [-0.25, -0.2) is 0 Å². The van der Waals surface area contributed by atoms with Gasteiger partial charge < -0.3 is 10.2 Å². The number of fused-ring (bicyclic) bond motifs is 3. The second kappa shape index (κ2) is 9.38. The number of carboxylic acids is 2. The number of hydrogen-bond donors (Lipinski definition) is 2. The van der Waals surface area contributed by atoms with E-state index in [0.717, 1.165) is 34.2 Å². The molecule has 2 aliphatic carbocycles. The molecular formula is C31H28O4. The molecule has 2 unspecified atom stereocenters. The predicted octanol–water partition coefficient (Wildman–Crippen LogP) is 6.30. The first-order valence-electron chi connectivity index (χ1n) is 12.1. The Morgan fingerprint density at radius 1 is 0.800 bits per heavy atom. The van der Waals surface area contributed by atoms with Gasteiger partial charge in [0.25, 0.3) is 0 Å². The SMILES string of the molecule is O=C(O)Cc1ccccc1-c1ccccc1CCC1(CC(=O)O)c2ccccc2C2=CC=CCC21. The van der Waals surface area contributed by atoms with Crippen molar-refractivity contribution in [2.45, 2.75) is 37.5 Å². The minimum atomic E-state index is -0.859. The smallest absolute Gasteiger partial charge is 0.307 e. The molecule has 0 bridgehead atoms. The van der Waals surface area contributed by atoms with Gasteiger partial charge in [0, 0.05) is 5.41 Å². The fourth-order valence-electron chi connectivity index (χ4n) is 6.13. The molecule has 0 aliphatic heterocycles. The molecule has 5 rings (SSSR count). The average molecular weight is 465 g/mol. The zero-order valence-electron chi connectivity index (χ0n) is 19.5. The number of allylic oxidation sites excluding steroid dienone is 4. The first-order valence-corrected chi connectivity index (χ1v) is 12.1. The third-order valence-electron chi connectivity index (χ3n) is 7.57. The number of benzene rings is 3. The summed E-state index contributed by atoms with van der Waals surface area (Å²) in [7, 11) is 0. The average Bonchev–Trinajstić information content (AvgIpc) is 3.13. The van der Waals surface area contributed by atoms with E-state index in [-0.39, 0.29) is 18.8 Å². The molecule has 2 aliphatic rings. The molecule has 35 heavy (non-hydrogen) atoms. The summed E-state index contributed by atoms with van der Waals surface area (Å²) < 4.78 is 0. The fraction of sp³-hybridized carbons (Fsp3) is 0.226. The van der Waals surface area contributed by atoms with E-state index in [9.17, 15) is 19.8 Å². The van der Waals surface area contributed by atoms with Crippen LogP contribution in [0.2, 0.25) is 0 Å². The Hall–Kier alpha value is -3.92. The van der Waals surface area contributed by atoms with Crippen LogP contribution < -0.4 is 0 Å². The van der Waals surface area contributed by atoms with Gasteiger partial charge in [-0.1, -0.05) is 91.0 Å². The van der Waals surface area contributed by atoms with E-state index >= 15 is 0 Å². The van der Waals surface area contributed by atoms with Crippen molar-refractivity contribution in [1.29, 1.82) is 0 Å². The molecule has 3 aromatic carbocycles. The molecule has 2 N–H and O–H groups in total. The summed E-state index contributed by atoms with van der Waals surface area (Å²) in [5.74, 6) is -1.51. The Morgan fingerprint density at radius 2 is 1.43 bits per heavy atom. The topological polar surface area (TPSA) is 74.6 Å². The normalized spacial score (nSPS) is 20.1. The molecule has 3 aromatic rings. The van der Waals surface area contributed by atoms with E-state index in [0.29, 0.717) is 12.8 Å². The summed E-state index contributed by atoms with van der Waals surface area (Å²) in [5, 5.41) is 19.4. The Balaban J connectivity index is 1.55. The number of rotatable bonds is 8. The van der Waals surface area contributed by atoms with E-state index in [1.807, 2.05) is 54.6 Å². The Labute approximate surface area is 205 Å². The van der Waals surface area contributed by atoms with Crippen LogP contribution >= 0.6 is 0 Å². The molecule has 0 radical (unpaired) electrons. The minimum Gasteiger partial charge on any atom is -0.481 e. The van der Waals surface area contributed by atoms with E-state index < -0.39 is 17.4 Å². The number of hydrogen-bond acceptors (Lipinski definition) is 2. The molecule has 2 atom stereocenters. The van der Waals surface area contributed by atoms with Crippen LogP contribution in [0.25, 0.3) is 16.7 Å². The Bertz CT molecular complexity index is 1350. The van der Waals surface area contributed by atoms with Gasteiger partial charge in [-0.2, -0.15) is 0 Å². The van der Waals surface area contributed by atoms with Crippen molar-refractivity contribution in [2.75, 3.05) is 0 Å². The number of aryl methyl sites for hydroxylation is 1. The quantitative estimate of drug-likeness (QED) is 0.410. The highest BCUT2D eigenvalue weighted by Crippen LogP contribution is 2.57. The Morgan fingerprint density at radius 3 is 2.14 bits per heavy atom. The van der Waals surface area contributed by atoms with Crippen LogP contribution in [0.5, 0.6) is 0 Å². The third kappa shape index (κ3) is 4.21. The summed E-state index contributed by atoms with van der Waals surface area (Å²) in [6.07, 6.45) is 8.64. The molecule has 0 spiro atoms. The van der Waals surface area contributed by atoms with Crippen molar-refractivity contribution in [3.8, 4) is 11.1 Å². The largest absolute Gasteiger partial charge is 0.481 e. The van der Waals surface area contributed by atoms with Crippen LogP contribution in [0.1, 0.15) is 41.5 Å². The molecular weight excluding hydrogens is 436 g/mol. The summed E-state index contributed by atoms with van der Waals surface area (Å²) in [6, 6.07) is 24.0. The van der Waals surface area contributed by atoms with Crippen LogP contribution in [0, 0.1) is 5.92 Å². The van der Waals surface area contributed by atoms with Gasteiger partial charge in [-0.05, 0) is 64.1 Å². The standard InChI is InChI=1S/C31H28O4/c32-29(33)19-22-10-2-4-12-24(22)23-11-3-1-9-21(23)17-18-31(20-30(34)35)27-15-7-5-13-25(27)26-14-6-8-16-28(26)31/h1-15,28H,16-20H2,(H,32,33)(H,34,35). The second-order valence-electron chi connectivity index (χ2n) is 9.50. The highest BCUT2D eigenvalue weighted by atomic mass is 16.4. The lowest BCUT2D eigenvalue weighted by Crippen LogP contribution is -2.35. The number of carboxylic acid groups (broad SMARTS) is 2. The highest BCUT2D eigenvalue weighted by molar-refractivity contribution is 5.83. The van der Waals surface area contributed by atoms with Crippen molar-refractivity contribution in [2.24, 2.45) is 5.92 Å². The van der Waals surface area contributed by atoms with Crippen molar-refractivity contribution < 1.29 is 19.8 Å². The zero-order valence-corrected chi connectivity index (χ0v) is 19.5. The van der Waals surface area contributed by atoms with Crippen molar-refractivity contribution >= 4 is 17.5 Å². The maximum Gasteiger partial charge on any atom is 0.307 e. The molecule has 0 fully saturated rings. The number of carbonyl (C=O) groups is 2. The lowest BCUT2D eigenvalue weighted by atomic mass is 9.66. The minimum absolute atomic E-state index is 0.0383. The third-order valence-corrected chi connectivity index (χ3v) is 7.57. The lowest BCUT2D eigenvalue weighted by Gasteiger charge is -2.36. The molecule has 176 valence electrons. The van der Waals surface area contributed by atoms with E-state index in [1.165, 1.54) is 11.1 Å². The van der Waals surface area contributed by atoms with Crippen molar-refractivity contribution in [3.05, 3.63) is 113 Å². The first-order chi connectivity index (χ1) is 17.0. The maximum atomic E-state index is 12.2. The van der Waals surface area contributed by atoms with E-state index in [1.54, 1.807) is 0 Å². The summed E-state index contributed by atoms with van der Waals surface area (Å²) in [4.78, 5) is 23.7. The van der Waals surface area contributed by atoms with Gasteiger partial charge in [0.2, 0.25) is 0 Å². The van der Waals surface area contributed by atoms with E-state index in [2.05, 4.69) is 36.4 Å². The molecule has 0 saturated heterocycles. The van der Waals surface area contributed by atoms with Gasteiger partial charge in [0.05, 0.1) is 12.8 Å². The van der Waals surface area contributed by atoms with Crippen molar-refractivity contribution in [1.82, 2.24) is 0 Å².